The lowest BCUT2D eigenvalue weighted by Crippen LogP contribution is -2.54. The number of aryl methyl sites for hydroxylation is 1. The zero-order valence-corrected chi connectivity index (χ0v) is 26.1. The highest BCUT2D eigenvalue weighted by Crippen LogP contribution is 2.29. The number of hydrogen-bond donors (Lipinski definition) is 1. The summed E-state index contributed by atoms with van der Waals surface area (Å²) in [7, 11) is -4.11. The van der Waals surface area contributed by atoms with Gasteiger partial charge in [0.15, 0.2) is 0 Å². The Balaban J connectivity index is 1.72. The fraction of sp³-hybridized carbons (Fsp3) is 0.394. The molecule has 1 N–H and O–H groups in total. The van der Waals surface area contributed by atoms with Crippen LogP contribution >= 0.6 is 11.6 Å². The molecular weight excluding hydrogens is 570 g/mol. The smallest absolute Gasteiger partial charge is 0.264 e. The number of sulfonamides is 1. The molecule has 1 atom stereocenters. The zero-order chi connectivity index (χ0) is 30.3. The van der Waals surface area contributed by atoms with Crippen molar-refractivity contribution in [2.24, 2.45) is 0 Å². The average molecular weight is 610 g/mol. The van der Waals surface area contributed by atoms with Crippen molar-refractivity contribution in [1.82, 2.24) is 10.2 Å². The quantitative estimate of drug-likeness (QED) is 0.272. The topological polar surface area (TPSA) is 86.8 Å². The van der Waals surface area contributed by atoms with Crippen LogP contribution in [0, 0.1) is 13.8 Å². The molecule has 224 valence electrons. The summed E-state index contributed by atoms with van der Waals surface area (Å²) < 4.78 is 29.3. The molecule has 0 heterocycles. The van der Waals surface area contributed by atoms with Crippen molar-refractivity contribution >= 4 is 39.1 Å². The summed E-state index contributed by atoms with van der Waals surface area (Å²) in [6.07, 6.45) is 5.52. The van der Waals surface area contributed by atoms with Gasteiger partial charge in [0, 0.05) is 17.6 Å². The maximum atomic E-state index is 14.3. The van der Waals surface area contributed by atoms with Gasteiger partial charge in [-0.25, -0.2) is 8.42 Å². The lowest BCUT2D eigenvalue weighted by Gasteiger charge is -2.35. The molecule has 3 aromatic rings. The Labute approximate surface area is 254 Å². The van der Waals surface area contributed by atoms with Crippen LogP contribution in [0.3, 0.4) is 0 Å². The first-order chi connectivity index (χ1) is 20.1. The van der Waals surface area contributed by atoms with Crippen molar-refractivity contribution in [3.05, 3.63) is 94.5 Å². The summed E-state index contributed by atoms with van der Waals surface area (Å²) in [6, 6.07) is 19.9. The first-order valence-electron chi connectivity index (χ1n) is 14.6. The molecule has 4 rings (SSSR count). The van der Waals surface area contributed by atoms with E-state index in [-0.39, 0.29) is 23.4 Å². The summed E-state index contributed by atoms with van der Waals surface area (Å²) in [6.45, 7) is 5.31. The summed E-state index contributed by atoms with van der Waals surface area (Å²) in [4.78, 5) is 29.5. The molecule has 42 heavy (non-hydrogen) atoms. The van der Waals surface area contributed by atoms with E-state index >= 15 is 0 Å². The molecule has 2 amide bonds. The first kappa shape index (κ1) is 31.6. The van der Waals surface area contributed by atoms with Crippen molar-refractivity contribution < 1.29 is 18.0 Å². The van der Waals surface area contributed by atoms with Crippen molar-refractivity contribution in [1.29, 1.82) is 0 Å². The number of halogens is 1. The van der Waals surface area contributed by atoms with Crippen LogP contribution in [-0.4, -0.2) is 43.8 Å². The maximum absolute atomic E-state index is 14.3. The van der Waals surface area contributed by atoms with Gasteiger partial charge >= 0.3 is 0 Å². The normalized spacial score (nSPS) is 14.7. The monoisotopic (exact) mass is 609 g/mol. The fourth-order valence-electron chi connectivity index (χ4n) is 5.49. The van der Waals surface area contributed by atoms with Crippen LogP contribution in [0.2, 0.25) is 5.02 Å². The standard InChI is InChI=1S/C33H40ClN3O4S/c1-4-30(33(39)35-28-13-7-5-8-14-28)36(22-26-18-20-27(34)21-19-26)32(38)23-37(31-17-11-12-24(2)25(31)3)42(40,41)29-15-9-6-10-16-29/h6,9-12,15-21,28,30H,4-5,7-8,13-14,22-23H2,1-3H3,(H,35,39)/t30-/m0/s1. The van der Waals surface area contributed by atoms with E-state index in [0.717, 1.165) is 48.8 Å². The molecular formula is C33H40ClN3O4S. The third-order valence-electron chi connectivity index (χ3n) is 8.06. The van der Waals surface area contributed by atoms with Crippen molar-refractivity contribution in [3.8, 4) is 0 Å². The average Bonchev–Trinajstić information content (AvgIpc) is 2.99. The highest BCUT2D eigenvalue weighted by atomic mass is 35.5. The zero-order valence-electron chi connectivity index (χ0n) is 24.6. The van der Waals surface area contributed by atoms with Crippen LogP contribution in [-0.2, 0) is 26.2 Å². The van der Waals surface area contributed by atoms with E-state index < -0.39 is 28.5 Å². The Kier molecular flexibility index (Phi) is 10.7. The largest absolute Gasteiger partial charge is 0.352 e. The van der Waals surface area contributed by atoms with Gasteiger partial charge in [0.05, 0.1) is 10.6 Å². The van der Waals surface area contributed by atoms with E-state index in [1.54, 1.807) is 42.5 Å². The predicted molar refractivity (Wildman–Crippen MR) is 168 cm³/mol. The molecule has 0 spiro atoms. The number of anilines is 1. The van der Waals surface area contributed by atoms with Gasteiger partial charge in [0.2, 0.25) is 11.8 Å². The Morgan fingerprint density at radius 1 is 0.929 bits per heavy atom. The SMILES string of the molecule is CC[C@@H](C(=O)NC1CCCCC1)N(Cc1ccc(Cl)cc1)C(=O)CN(c1cccc(C)c1C)S(=O)(=O)c1ccccc1. The Morgan fingerprint density at radius 2 is 1.60 bits per heavy atom. The second kappa shape index (κ2) is 14.2. The third kappa shape index (κ3) is 7.53. The number of nitrogens with zero attached hydrogens (tertiary/aromatic N) is 2. The van der Waals surface area contributed by atoms with Crippen molar-refractivity contribution in [2.45, 2.75) is 82.8 Å². The van der Waals surface area contributed by atoms with E-state index in [9.17, 15) is 18.0 Å². The van der Waals surface area contributed by atoms with E-state index in [2.05, 4.69) is 5.32 Å². The summed E-state index contributed by atoms with van der Waals surface area (Å²) in [5, 5.41) is 3.74. The van der Waals surface area contributed by atoms with Crippen LogP contribution in [0.5, 0.6) is 0 Å². The number of rotatable bonds is 11. The molecule has 1 fully saturated rings. The van der Waals surface area contributed by atoms with E-state index in [0.29, 0.717) is 17.1 Å². The van der Waals surface area contributed by atoms with E-state index in [1.165, 1.54) is 21.3 Å². The van der Waals surface area contributed by atoms with Crippen LogP contribution in [0.25, 0.3) is 0 Å². The summed E-state index contributed by atoms with van der Waals surface area (Å²) in [5.41, 5.74) is 2.89. The molecule has 0 saturated heterocycles. The second-order valence-corrected chi connectivity index (χ2v) is 13.3. The molecule has 1 aliphatic rings. The Morgan fingerprint density at radius 3 is 2.24 bits per heavy atom. The number of nitrogens with one attached hydrogen (secondary N) is 1. The van der Waals surface area contributed by atoms with Crippen LogP contribution in [0.15, 0.2) is 77.7 Å². The molecule has 1 saturated carbocycles. The molecule has 0 radical (unpaired) electrons. The van der Waals surface area contributed by atoms with Gasteiger partial charge < -0.3 is 10.2 Å². The maximum Gasteiger partial charge on any atom is 0.264 e. The molecule has 0 unspecified atom stereocenters. The molecule has 0 aliphatic heterocycles. The number of carbonyl (C=O) groups excluding carboxylic acids is 2. The van der Waals surface area contributed by atoms with Gasteiger partial charge in [-0.1, -0.05) is 80.3 Å². The molecule has 1 aliphatic carbocycles. The van der Waals surface area contributed by atoms with Crippen LogP contribution in [0.1, 0.15) is 62.1 Å². The van der Waals surface area contributed by atoms with E-state index in [4.69, 9.17) is 11.6 Å². The molecule has 0 bridgehead atoms. The van der Waals surface area contributed by atoms with Crippen molar-refractivity contribution in [3.63, 3.8) is 0 Å². The number of hydrogen-bond acceptors (Lipinski definition) is 4. The lowest BCUT2D eigenvalue weighted by atomic mass is 9.95. The van der Waals surface area contributed by atoms with Crippen molar-refractivity contribution in [2.75, 3.05) is 10.8 Å². The number of carbonyl (C=O) groups is 2. The minimum atomic E-state index is -4.11. The summed E-state index contributed by atoms with van der Waals surface area (Å²) in [5.74, 6) is -0.674. The Bertz CT molecular complexity index is 1470. The molecule has 0 aromatic heterocycles. The molecule has 9 heteroatoms. The Hall–Kier alpha value is -3.36. The minimum Gasteiger partial charge on any atom is -0.352 e. The fourth-order valence-corrected chi connectivity index (χ4v) is 7.11. The van der Waals surface area contributed by atoms with Gasteiger partial charge in [-0.2, -0.15) is 0 Å². The second-order valence-electron chi connectivity index (χ2n) is 11.0. The van der Waals surface area contributed by atoms with Crippen LogP contribution < -0.4 is 9.62 Å². The van der Waals surface area contributed by atoms with Crippen LogP contribution in [0.4, 0.5) is 5.69 Å². The highest BCUT2D eigenvalue weighted by Gasteiger charge is 2.35. The minimum absolute atomic E-state index is 0.0812. The van der Waals surface area contributed by atoms with Gasteiger partial charge in [-0.05, 0) is 80.1 Å². The highest BCUT2D eigenvalue weighted by molar-refractivity contribution is 7.92. The number of benzene rings is 3. The third-order valence-corrected chi connectivity index (χ3v) is 10.1. The van der Waals surface area contributed by atoms with E-state index in [1.807, 2.05) is 39.0 Å². The first-order valence-corrected chi connectivity index (χ1v) is 16.4. The van der Waals surface area contributed by atoms with Gasteiger partial charge in [-0.3, -0.25) is 13.9 Å². The molecule has 7 nitrogen and oxygen atoms in total. The van der Waals surface area contributed by atoms with Gasteiger partial charge in [-0.15, -0.1) is 0 Å². The van der Waals surface area contributed by atoms with Gasteiger partial charge in [0.1, 0.15) is 12.6 Å². The predicted octanol–water partition coefficient (Wildman–Crippen LogP) is 6.41. The lowest BCUT2D eigenvalue weighted by molar-refractivity contribution is -0.140. The molecule has 3 aromatic carbocycles. The number of amides is 2. The summed E-state index contributed by atoms with van der Waals surface area (Å²) >= 11 is 6.11. The van der Waals surface area contributed by atoms with Gasteiger partial charge in [0.25, 0.3) is 10.0 Å².